The molecule has 0 bridgehead atoms. The summed E-state index contributed by atoms with van der Waals surface area (Å²) in [6.07, 6.45) is 8.84. The Morgan fingerprint density at radius 1 is 1.24 bits per heavy atom. The lowest BCUT2D eigenvalue weighted by molar-refractivity contribution is -0.118. The molecule has 0 spiro atoms. The average Bonchev–Trinajstić information content (AvgIpc) is 3.31. The number of sulfone groups is 1. The fourth-order valence-electron chi connectivity index (χ4n) is 4.77. The predicted molar refractivity (Wildman–Crippen MR) is 135 cm³/mol. The van der Waals surface area contributed by atoms with E-state index in [2.05, 4.69) is 15.3 Å². The first-order chi connectivity index (χ1) is 16.2. The van der Waals surface area contributed by atoms with Crippen LogP contribution in [0.4, 0.5) is 5.13 Å². The zero-order valence-electron chi connectivity index (χ0n) is 19.3. The van der Waals surface area contributed by atoms with Crippen LogP contribution in [0.15, 0.2) is 51.6 Å². The molecular formula is C25H29N3O4S2. The van der Waals surface area contributed by atoms with E-state index in [-0.39, 0.29) is 16.4 Å². The highest BCUT2D eigenvalue weighted by atomic mass is 32.2. The SMILES string of the molecule is Cc1cc(-c2cccc(S(C)(=O)=O)c2)c([C@H](CC2CCCCC2)C(=O)Nc2nccs2)c(=O)[nH]1. The summed E-state index contributed by atoms with van der Waals surface area (Å²) < 4.78 is 24.4. The van der Waals surface area contributed by atoms with E-state index in [0.29, 0.717) is 39.9 Å². The Hall–Kier alpha value is -2.78. The van der Waals surface area contributed by atoms with Crippen LogP contribution in [-0.4, -0.2) is 30.5 Å². The molecule has 1 atom stereocenters. The molecule has 0 radical (unpaired) electrons. The third-order valence-electron chi connectivity index (χ3n) is 6.40. The number of H-pyrrole nitrogens is 1. The number of pyridine rings is 1. The molecule has 1 aliphatic carbocycles. The highest BCUT2D eigenvalue weighted by Crippen LogP contribution is 2.37. The van der Waals surface area contributed by atoms with E-state index in [1.807, 2.05) is 6.07 Å². The van der Waals surface area contributed by atoms with Crippen molar-refractivity contribution in [2.45, 2.75) is 56.3 Å². The number of anilines is 1. The van der Waals surface area contributed by atoms with Gasteiger partial charge in [-0.3, -0.25) is 9.59 Å². The number of nitrogens with zero attached hydrogens (tertiary/aromatic N) is 1. The second-order valence-corrected chi connectivity index (χ2v) is 11.9. The topological polar surface area (TPSA) is 109 Å². The molecular weight excluding hydrogens is 470 g/mol. The molecule has 1 amide bonds. The van der Waals surface area contributed by atoms with Crippen molar-refractivity contribution in [2.75, 3.05) is 11.6 Å². The molecule has 4 rings (SSSR count). The van der Waals surface area contributed by atoms with E-state index in [0.717, 1.165) is 31.9 Å². The first kappa shape index (κ1) is 24.3. The highest BCUT2D eigenvalue weighted by molar-refractivity contribution is 7.90. The number of amides is 1. The summed E-state index contributed by atoms with van der Waals surface area (Å²) in [4.78, 5) is 34.1. The van der Waals surface area contributed by atoms with Gasteiger partial charge in [0.1, 0.15) is 0 Å². The summed E-state index contributed by atoms with van der Waals surface area (Å²) in [6.45, 7) is 1.78. The fourth-order valence-corrected chi connectivity index (χ4v) is 5.97. The van der Waals surface area contributed by atoms with Crippen molar-refractivity contribution in [3.63, 3.8) is 0 Å². The van der Waals surface area contributed by atoms with E-state index in [1.54, 1.807) is 36.7 Å². The van der Waals surface area contributed by atoms with E-state index in [1.165, 1.54) is 23.8 Å². The number of aryl methyl sites for hydroxylation is 1. The van der Waals surface area contributed by atoms with Crippen molar-refractivity contribution in [3.8, 4) is 11.1 Å². The van der Waals surface area contributed by atoms with Gasteiger partial charge in [0.05, 0.1) is 10.8 Å². The van der Waals surface area contributed by atoms with Gasteiger partial charge >= 0.3 is 0 Å². The molecule has 0 unspecified atom stereocenters. The van der Waals surface area contributed by atoms with Crippen LogP contribution in [0.25, 0.3) is 11.1 Å². The lowest BCUT2D eigenvalue weighted by Crippen LogP contribution is -2.30. The Kier molecular flexibility index (Phi) is 7.33. The van der Waals surface area contributed by atoms with Gasteiger partial charge < -0.3 is 10.3 Å². The number of carbonyl (C=O) groups is 1. The number of thiazole rings is 1. The van der Waals surface area contributed by atoms with Crippen molar-refractivity contribution in [1.29, 1.82) is 0 Å². The van der Waals surface area contributed by atoms with Gasteiger partial charge in [0.15, 0.2) is 15.0 Å². The fraction of sp³-hybridized carbons (Fsp3) is 0.400. The van der Waals surface area contributed by atoms with Crippen LogP contribution in [0.1, 0.15) is 55.7 Å². The van der Waals surface area contributed by atoms with E-state index >= 15 is 0 Å². The predicted octanol–water partition coefficient (Wildman–Crippen LogP) is 4.90. The van der Waals surface area contributed by atoms with Gasteiger partial charge in [-0.15, -0.1) is 11.3 Å². The van der Waals surface area contributed by atoms with Crippen LogP contribution in [0.5, 0.6) is 0 Å². The second kappa shape index (κ2) is 10.2. The number of aromatic nitrogens is 2. The Morgan fingerprint density at radius 2 is 2.00 bits per heavy atom. The lowest BCUT2D eigenvalue weighted by atomic mass is 9.79. The Labute approximate surface area is 203 Å². The monoisotopic (exact) mass is 499 g/mol. The molecule has 1 aromatic carbocycles. The molecule has 2 aromatic heterocycles. The number of hydrogen-bond acceptors (Lipinski definition) is 6. The smallest absolute Gasteiger partial charge is 0.252 e. The van der Waals surface area contributed by atoms with Gasteiger partial charge in [-0.2, -0.15) is 0 Å². The van der Waals surface area contributed by atoms with Crippen LogP contribution in [0, 0.1) is 12.8 Å². The largest absolute Gasteiger partial charge is 0.326 e. The molecule has 34 heavy (non-hydrogen) atoms. The van der Waals surface area contributed by atoms with Crippen LogP contribution in [0.2, 0.25) is 0 Å². The molecule has 1 aliphatic rings. The van der Waals surface area contributed by atoms with Gasteiger partial charge in [-0.1, -0.05) is 44.2 Å². The number of carbonyl (C=O) groups excluding carboxylic acids is 1. The number of aromatic amines is 1. The lowest BCUT2D eigenvalue weighted by Gasteiger charge is -2.27. The molecule has 1 saturated carbocycles. The Morgan fingerprint density at radius 3 is 2.68 bits per heavy atom. The van der Waals surface area contributed by atoms with Crippen molar-refractivity contribution < 1.29 is 13.2 Å². The molecule has 1 fully saturated rings. The minimum atomic E-state index is -3.43. The number of rotatable bonds is 7. The quantitative estimate of drug-likeness (QED) is 0.480. The standard InChI is InChI=1S/C25H29N3O4S2/c1-16-13-20(18-9-6-10-19(15-18)34(2,31)32)22(24(30)27-16)21(14-17-7-4-3-5-8-17)23(29)28-25-26-11-12-33-25/h6,9-13,15,17,21H,3-5,7-8,14H2,1-2H3,(H,27,30)(H,26,28,29)/t21-/m0/s1. The normalized spacial score (nSPS) is 15.7. The first-order valence-corrected chi connectivity index (χ1v) is 14.2. The second-order valence-electron chi connectivity index (χ2n) is 9.03. The number of hydrogen-bond donors (Lipinski definition) is 2. The van der Waals surface area contributed by atoms with Gasteiger partial charge in [0.25, 0.3) is 5.56 Å². The van der Waals surface area contributed by atoms with Gasteiger partial charge in [0, 0.05) is 29.1 Å². The first-order valence-electron chi connectivity index (χ1n) is 11.5. The van der Waals surface area contributed by atoms with Gasteiger partial charge in [0.2, 0.25) is 5.91 Å². The van der Waals surface area contributed by atoms with Gasteiger partial charge in [-0.05, 0) is 48.6 Å². The Bertz CT molecular complexity index is 1320. The van der Waals surface area contributed by atoms with Crippen molar-refractivity contribution >= 4 is 32.2 Å². The zero-order valence-corrected chi connectivity index (χ0v) is 21.0. The zero-order chi connectivity index (χ0) is 24.3. The van der Waals surface area contributed by atoms with Crippen LogP contribution < -0.4 is 10.9 Å². The van der Waals surface area contributed by atoms with Crippen LogP contribution in [0.3, 0.4) is 0 Å². The Balaban J connectivity index is 1.83. The molecule has 2 heterocycles. The maximum atomic E-state index is 13.5. The molecule has 2 N–H and O–H groups in total. The van der Waals surface area contributed by atoms with Crippen LogP contribution in [-0.2, 0) is 14.6 Å². The number of benzene rings is 1. The highest BCUT2D eigenvalue weighted by Gasteiger charge is 2.31. The third kappa shape index (κ3) is 5.64. The van der Waals surface area contributed by atoms with Gasteiger partial charge in [-0.25, -0.2) is 13.4 Å². The summed E-state index contributed by atoms with van der Waals surface area (Å²) in [5.74, 6) is -0.611. The summed E-state index contributed by atoms with van der Waals surface area (Å²) in [7, 11) is -3.43. The molecule has 7 nitrogen and oxygen atoms in total. The summed E-state index contributed by atoms with van der Waals surface area (Å²) in [5, 5.41) is 5.16. The molecule has 3 aromatic rings. The third-order valence-corrected chi connectivity index (χ3v) is 8.20. The molecule has 0 aliphatic heterocycles. The molecule has 9 heteroatoms. The number of nitrogens with one attached hydrogen (secondary N) is 2. The maximum Gasteiger partial charge on any atom is 0.252 e. The van der Waals surface area contributed by atoms with E-state index in [9.17, 15) is 18.0 Å². The minimum Gasteiger partial charge on any atom is -0.326 e. The summed E-state index contributed by atoms with van der Waals surface area (Å²) in [5.41, 5.74) is 1.88. The summed E-state index contributed by atoms with van der Waals surface area (Å²) >= 11 is 1.33. The molecule has 0 saturated heterocycles. The van der Waals surface area contributed by atoms with Crippen molar-refractivity contribution in [2.24, 2.45) is 5.92 Å². The van der Waals surface area contributed by atoms with Crippen molar-refractivity contribution in [1.82, 2.24) is 9.97 Å². The summed E-state index contributed by atoms with van der Waals surface area (Å²) in [6, 6.07) is 8.37. The minimum absolute atomic E-state index is 0.171. The van der Waals surface area contributed by atoms with Crippen LogP contribution >= 0.6 is 11.3 Å². The van der Waals surface area contributed by atoms with Crippen molar-refractivity contribution in [3.05, 3.63) is 63.5 Å². The van der Waals surface area contributed by atoms with E-state index < -0.39 is 15.8 Å². The molecule has 180 valence electrons. The average molecular weight is 500 g/mol. The maximum absolute atomic E-state index is 13.5. The van der Waals surface area contributed by atoms with E-state index in [4.69, 9.17) is 0 Å².